The van der Waals surface area contributed by atoms with Gasteiger partial charge >= 0.3 is 0 Å². The predicted octanol–water partition coefficient (Wildman–Crippen LogP) is 3.84. The molecule has 3 aromatic rings. The van der Waals surface area contributed by atoms with Crippen molar-refractivity contribution in [1.29, 1.82) is 0 Å². The summed E-state index contributed by atoms with van der Waals surface area (Å²) < 4.78 is 33.1. The van der Waals surface area contributed by atoms with Crippen LogP contribution in [-0.4, -0.2) is 43.8 Å². The molecule has 2 aliphatic rings. The maximum atomic E-state index is 13.1. The number of anilines is 1. The number of carbonyl (C=O) groups is 1. The summed E-state index contributed by atoms with van der Waals surface area (Å²) in [5.74, 6) is 0.470. The number of aromatic nitrogens is 1. The minimum absolute atomic E-state index is 0.219. The van der Waals surface area contributed by atoms with Gasteiger partial charge in [0.25, 0.3) is 5.91 Å². The summed E-state index contributed by atoms with van der Waals surface area (Å²) in [6.07, 6.45) is 6.42. The molecule has 1 amide bonds. The number of amides is 1. The van der Waals surface area contributed by atoms with E-state index in [-0.39, 0.29) is 10.8 Å². The molecule has 0 unspecified atom stereocenters. The van der Waals surface area contributed by atoms with Crippen LogP contribution in [0.1, 0.15) is 30.4 Å². The number of sulfonamides is 1. The number of hydrogen-bond donors (Lipinski definition) is 2. The zero-order chi connectivity index (χ0) is 21.6. The number of methoxy groups -OCH3 is 1. The maximum absolute atomic E-state index is 13.1. The van der Waals surface area contributed by atoms with Crippen molar-refractivity contribution in [2.45, 2.75) is 24.2 Å². The normalized spacial score (nSPS) is 18.4. The predicted molar refractivity (Wildman–Crippen MR) is 120 cm³/mol. The molecule has 3 heterocycles. The Kier molecular flexibility index (Phi) is 4.83. The molecule has 1 saturated heterocycles. The molecule has 7 nitrogen and oxygen atoms in total. The van der Waals surface area contributed by atoms with E-state index < -0.39 is 10.0 Å². The number of nitrogens with one attached hydrogen (secondary N) is 2. The van der Waals surface area contributed by atoms with Crippen molar-refractivity contribution in [2.24, 2.45) is 0 Å². The van der Waals surface area contributed by atoms with Gasteiger partial charge in [-0.1, -0.05) is 6.42 Å². The lowest BCUT2D eigenvalue weighted by Crippen LogP contribution is -2.35. The van der Waals surface area contributed by atoms with Crippen LogP contribution in [0, 0.1) is 0 Å². The second-order valence-electron chi connectivity index (χ2n) is 7.84. The number of nitrogens with zero attached hydrogens (tertiary/aromatic N) is 1. The summed E-state index contributed by atoms with van der Waals surface area (Å²) in [5, 5.41) is 3.76. The van der Waals surface area contributed by atoms with Crippen molar-refractivity contribution in [3.63, 3.8) is 0 Å². The van der Waals surface area contributed by atoms with Gasteiger partial charge in [0.2, 0.25) is 10.0 Å². The number of fused-ring (bicyclic) bond motifs is 2. The highest BCUT2D eigenvalue weighted by atomic mass is 32.2. The van der Waals surface area contributed by atoms with Gasteiger partial charge in [-0.15, -0.1) is 0 Å². The molecule has 1 aromatic heterocycles. The Morgan fingerprint density at radius 3 is 2.65 bits per heavy atom. The Morgan fingerprint density at radius 1 is 1.06 bits per heavy atom. The summed E-state index contributed by atoms with van der Waals surface area (Å²) in [6, 6.07) is 10.5. The number of benzene rings is 2. The molecule has 2 N–H and O–H groups in total. The van der Waals surface area contributed by atoms with Gasteiger partial charge in [-0.25, -0.2) is 8.42 Å². The van der Waals surface area contributed by atoms with Gasteiger partial charge < -0.3 is 15.0 Å². The first kappa shape index (κ1) is 19.8. The quantitative estimate of drug-likeness (QED) is 0.607. The third kappa shape index (κ3) is 3.41. The second-order valence-corrected chi connectivity index (χ2v) is 9.78. The van der Waals surface area contributed by atoms with Crippen LogP contribution >= 0.6 is 0 Å². The van der Waals surface area contributed by atoms with E-state index in [0.717, 1.165) is 41.5 Å². The molecule has 31 heavy (non-hydrogen) atoms. The SMILES string of the molecule is COc1ccc2[nH]cc(/C=C3/C(=O)Nc4ccc(S(=O)(=O)N5CCCCC5)cc43)c2c1. The summed E-state index contributed by atoms with van der Waals surface area (Å²) >= 11 is 0. The molecule has 0 saturated carbocycles. The molecule has 0 atom stereocenters. The van der Waals surface area contributed by atoms with Gasteiger partial charge in [-0.2, -0.15) is 4.31 Å². The minimum Gasteiger partial charge on any atom is -0.497 e. The van der Waals surface area contributed by atoms with Crippen LogP contribution in [0.15, 0.2) is 47.5 Å². The molecule has 0 spiro atoms. The molecule has 2 aromatic carbocycles. The van der Waals surface area contributed by atoms with Gasteiger partial charge in [-0.3, -0.25) is 4.79 Å². The van der Waals surface area contributed by atoms with E-state index in [1.165, 1.54) is 4.31 Å². The highest BCUT2D eigenvalue weighted by molar-refractivity contribution is 7.89. The van der Waals surface area contributed by atoms with Crippen LogP contribution in [0.3, 0.4) is 0 Å². The first-order chi connectivity index (χ1) is 15.0. The molecule has 8 heteroatoms. The van der Waals surface area contributed by atoms with E-state index in [1.807, 2.05) is 24.4 Å². The van der Waals surface area contributed by atoms with Crippen LogP contribution < -0.4 is 10.1 Å². The van der Waals surface area contributed by atoms with E-state index in [9.17, 15) is 13.2 Å². The minimum atomic E-state index is -3.59. The average Bonchev–Trinajstić information content (AvgIpc) is 3.34. The van der Waals surface area contributed by atoms with Gasteiger partial charge in [0, 0.05) is 52.6 Å². The van der Waals surface area contributed by atoms with E-state index in [1.54, 1.807) is 31.4 Å². The molecule has 2 aliphatic heterocycles. The zero-order valence-electron chi connectivity index (χ0n) is 17.1. The molecular weight excluding hydrogens is 414 g/mol. The lowest BCUT2D eigenvalue weighted by molar-refractivity contribution is -0.110. The number of aromatic amines is 1. The Bertz CT molecular complexity index is 1320. The Morgan fingerprint density at radius 2 is 1.87 bits per heavy atom. The molecule has 5 rings (SSSR count). The summed E-state index contributed by atoms with van der Waals surface area (Å²) in [6.45, 7) is 1.08. The fourth-order valence-corrected chi connectivity index (χ4v) is 5.79. The number of carbonyl (C=O) groups excluding carboxylic acids is 1. The molecule has 0 bridgehead atoms. The van der Waals surface area contributed by atoms with Crippen molar-refractivity contribution in [3.8, 4) is 5.75 Å². The number of rotatable bonds is 4. The van der Waals surface area contributed by atoms with Crippen LogP contribution in [0.25, 0.3) is 22.6 Å². The van der Waals surface area contributed by atoms with Crippen LogP contribution in [0.4, 0.5) is 5.69 Å². The Hall–Kier alpha value is -3.10. The van der Waals surface area contributed by atoms with Crippen LogP contribution in [-0.2, 0) is 14.8 Å². The summed E-state index contributed by atoms with van der Waals surface area (Å²) in [5.41, 5.74) is 3.41. The average molecular weight is 438 g/mol. The van der Waals surface area contributed by atoms with Crippen molar-refractivity contribution in [2.75, 3.05) is 25.5 Å². The van der Waals surface area contributed by atoms with Crippen molar-refractivity contribution >= 4 is 44.2 Å². The smallest absolute Gasteiger partial charge is 0.256 e. The van der Waals surface area contributed by atoms with Gasteiger partial charge in [0.1, 0.15) is 5.75 Å². The Balaban J connectivity index is 1.58. The van der Waals surface area contributed by atoms with Gasteiger partial charge in [0.05, 0.1) is 12.0 Å². The second kappa shape index (κ2) is 7.55. The van der Waals surface area contributed by atoms with Crippen molar-refractivity contribution < 1.29 is 17.9 Å². The van der Waals surface area contributed by atoms with Crippen molar-refractivity contribution in [3.05, 3.63) is 53.7 Å². The number of ether oxygens (including phenoxy) is 1. The van der Waals surface area contributed by atoms with Gasteiger partial charge in [-0.05, 0) is 55.3 Å². The first-order valence-electron chi connectivity index (χ1n) is 10.3. The van der Waals surface area contributed by atoms with Crippen LogP contribution in [0.5, 0.6) is 5.75 Å². The first-order valence-corrected chi connectivity index (χ1v) is 11.7. The number of H-pyrrole nitrogens is 1. The van der Waals surface area contributed by atoms with Crippen LogP contribution in [0.2, 0.25) is 0 Å². The molecule has 0 aliphatic carbocycles. The summed E-state index contributed by atoms with van der Waals surface area (Å²) in [4.78, 5) is 16.1. The van der Waals surface area contributed by atoms with E-state index >= 15 is 0 Å². The van der Waals surface area contributed by atoms with E-state index in [4.69, 9.17) is 4.74 Å². The largest absolute Gasteiger partial charge is 0.497 e. The molecular formula is C23H23N3O4S. The molecule has 160 valence electrons. The summed E-state index contributed by atoms with van der Waals surface area (Å²) in [7, 11) is -1.98. The topological polar surface area (TPSA) is 91.5 Å². The molecule has 1 fully saturated rings. The van der Waals surface area contributed by atoms with E-state index in [2.05, 4.69) is 10.3 Å². The van der Waals surface area contributed by atoms with E-state index in [0.29, 0.717) is 29.9 Å². The fraction of sp³-hybridized carbons (Fsp3) is 0.261. The number of piperidine rings is 1. The highest BCUT2D eigenvalue weighted by Crippen LogP contribution is 2.37. The third-order valence-electron chi connectivity index (χ3n) is 5.95. The standard InChI is InChI=1S/C23H23N3O4S/c1-30-16-5-7-21-18(12-16)15(14-24-21)11-20-19-13-17(6-8-22(19)25-23(20)27)31(28,29)26-9-3-2-4-10-26/h5-8,11-14,24H,2-4,9-10H2,1H3,(H,25,27)/b20-11+. The maximum Gasteiger partial charge on any atom is 0.256 e. The third-order valence-corrected chi connectivity index (χ3v) is 7.84. The molecule has 0 radical (unpaired) electrons. The fourth-order valence-electron chi connectivity index (χ4n) is 4.25. The zero-order valence-corrected chi connectivity index (χ0v) is 18.0. The van der Waals surface area contributed by atoms with Crippen molar-refractivity contribution in [1.82, 2.24) is 9.29 Å². The Labute approximate surface area is 180 Å². The lowest BCUT2D eigenvalue weighted by Gasteiger charge is -2.26. The lowest BCUT2D eigenvalue weighted by atomic mass is 10.0. The van der Waals surface area contributed by atoms with Gasteiger partial charge in [0.15, 0.2) is 0 Å². The highest BCUT2D eigenvalue weighted by Gasteiger charge is 2.30. The monoisotopic (exact) mass is 437 g/mol. The number of hydrogen-bond acceptors (Lipinski definition) is 4.